The fraction of sp³-hybridized carbons (Fsp3) is 0.238. The van der Waals surface area contributed by atoms with E-state index in [2.05, 4.69) is 10.3 Å². The van der Waals surface area contributed by atoms with Gasteiger partial charge in [-0.2, -0.15) is 0 Å². The van der Waals surface area contributed by atoms with Gasteiger partial charge in [-0.1, -0.05) is 36.4 Å². The molecule has 0 fully saturated rings. The lowest BCUT2D eigenvalue weighted by Crippen LogP contribution is -2.35. The summed E-state index contributed by atoms with van der Waals surface area (Å²) in [4.78, 5) is 18.5. The summed E-state index contributed by atoms with van der Waals surface area (Å²) in [5, 5.41) is 4.98. The number of amides is 1. The lowest BCUT2D eigenvalue weighted by atomic mass is 9.99. The van der Waals surface area contributed by atoms with Crippen LogP contribution in [0.4, 0.5) is 11.5 Å². The highest BCUT2D eigenvalue weighted by molar-refractivity contribution is 6.18. The molecule has 0 atom stereocenters. The molecule has 1 heterocycles. The van der Waals surface area contributed by atoms with Crippen LogP contribution in [-0.4, -0.2) is 47.2 Å². The quantitative estimate of drug-likeness (QED) is 0.539. The maximum atomic E-state index is 12.3. The van der Waals surface area contributed by atoms with Gasteiger partial charge in [-0.25, -0.2) is 4.98 Å². The summed E-state index contributed by atoms with van der Waals surface area (Å²) in [6.07, 6.45) is 1.77. The Balaban J connectivity index is 1.76. The van der Waals surface area contributed by atoms with Crippen LogP contribution in [0.2, 0.25) is 0 Å². The molecule has 3 N–H and O–H groups in total. The van der Waals surface area contributed by atoms with Crippen molar-refractivity contribution >= 4 is 51.4 Å². The zero-order chi connectivity index (χ0) is 19.9. The second kappa shape index (κ2) is 9.73. The van der Waals surface area contributed by atoms with Gasteiger partial charge in [0.1, 0.15) is 5.82 Å². The van der Waals surface area contributed by atoms with Gasteiger partial charge in [-0.15, -0.1) is 23.2 Å². The van der Waals surface area contributed by atoms with E-state index < -0.39 is 0 Å². The highest BCUT2D eigenvalue weighted by atomic mass is 35.5. The van der Waals surface area contributed by atoms with E-state index in [0.29, 0.717) is 30.7 Å². The van der Waals surface area contributed by atoms with Crippen molar-refractivity contribution in [3.63, 3.8) is 0 Å². The van der Waals surface area contributed by atoms with Gasteiger partial charge >= 0.3 is 0 Å². The van der Waals surface area contributed by atoms with Crippen LogP contribution in [0.25, 0.3) is 21.9 Å². The lowest BCUT2D eigenvalue weighted by molar-refractivity contribution is -0.117. The first-order chi connectivity index (χ1) is 13.6. The van der Waals surface area contributed by atoms with Crippen LogP contribution in [-0.2, 0) is 4.79 Å². The molecule has 28 heavy (non-hydrogen) atoms. The normalized spacial score (nSPS) is 11.1. The molecule has 0 bridgehead atoms. The standard InChI is InChI=1S/C21H22Cl2N4O/c22-9-11-27(12-10-23)14-19(28)26-17-7-5-15(6-8-17)20-18-4-2-1-3-16(18)13-25-21(20)24/h1-8,13H,9-12,14H2,(H2,24,25)(H,26,28). The van der Waals surface area contributed by atoms with Crippen molar-refractivity contribution < 1.29 is 4.79 Å². The number of nitrogens with one attached hydrogen (secondary N) is 1. The summed E-state index contributed by atoms with van der Waals surface area (Å²) in [7, 11) is 0. The maximum Gasteiger partial charge on any atom is 0.238 e. The number of benzene rings is 2. The first-order valence-electron chi connectivity index (χ1n) is 9.00. The van der Waals surface area contributed by atoms with Crippen LogP contribution in [0.5, 0.6) is 0 Å². The summed E-state index contributed by atoms with van der Waals surface area (Å²) in [5.74, 6) is 1.29. The van der Waals surface area contributed by atoms with Crippen molar-refractivity contribution in [2.24, 2.45) is 0 Å². The van der Waals surface area contributed by atoms with Gasteiger partial charge in [-0.05, 0) is 23.1 Å². The predicted octanol–water partition coefficient (Wildman–Crippen LogP) is 4.20. The minimum absolute atomic E-state index is 0.102. The first kappa shape index (κ1) is 20.4. The number of nitrogens with zero attached hydrogens (tertiary/aromatic N) is 2. The molecule has 3 rings (SSSR count). The fourth-order valence-corrected chi connectivity index (χ4v) is 3.59. The molecule has 0 saturated carbocycles. The van der Waals surface area contributed by atoms with Crippen LogP contribution in [0.3, 0.4) is 0 Å². The Morgan fingerprint density at radius 3 is 2.39 bits per heavy atom. The van der Waals surface area contributed by atoms with E-state index in [9.17, 15) is 4.79 Å². The summed E-state index contributed by atoms with van der Waals surface area (Å²) < 4.78 is 0. The number of nitrogen functional groups attached to an aromatic ring is 1. The third-order valence-corrected chi connectivity index (χ3v) is 4.79. The third-order valence-electron chi connectivity index (χ3n) is 4.46. The summed E-state index contributed by atoms with van der Waals surface area (Å²) in [5.41, 5.74) is 8.71. The van der Waals surface area contributed by atoms with Gasteiger partial charge in [0.05, 0.1) is 6.54 Å². The van der Waals surface area contributed by atoms with E-state index in [4.69, 9.17) is 28.9 Å². The third kappa shape index (κ3) is 4.93. The van der Waals surface area contributed by atoms with E-state index in [1.165, 1.54) is 0 Å². The maximum absolute atomic E-state index is 12.3. The molecular weight excluding hydrogens is 395 g/mol. The average molecular weight is 417 g/mol. The molecule has 0 saturated heterocycles. The zero-order valence-corrected chi connectivity index (χ0v) is 16.9. The second-order valence-electron chi connectivity index (χ2n) is 6.39. The second-order valence-corrected chi connectivity index (χ2v) is 7.14. The van der Waals surface area contributed by atoms with E-state index in [1.807, 2.05) is 53.4 Å². The molecule has 1 aromatic heterocycles. The number of alkyl halides is 2. The van der Waals surface area contributed by atoms with Gasteiger partial charge in [0, 0.05) is 47.7 Å². The van der Waals surface area contributed by atoms with Crippen molar-refractivity contribution in [3.05, 3.63) is 54.7 Å². The molecule has 2 aromatic carbocycles. The van der Waals surface area contributed by atoms with Gasteiger partial charge in [-0.3, -0.25) is 9.69 Å². The summed E-state index contributed by atoms with van der Waals surface area (Å²) >= 11 is 11.5. The highest BCUT2D eigenvalue weighted by Gasteiger charge is 2.12. The van der Waals surface area contributed by atoms with Gasteiger partial charge < -0.3 is 11.1 Å². The van der Waals surface area contributed by atoms with Crippen LogP contribution < -0.4 is 11.1 Å². The predicted molar refractivity (Wildman–Crippen MR) is 118 cm³/mol. The van der Waals surface area contributed by atoms with E-state index >= 15 is 0 Å². The van der Waals surface area contributed by atoms with Crippen LogP contribution >= 0.6 is 23.2 Å². The number of hydrogen-bond acceptors (Lipinski definition) is 4. The summed E-state index contributed by atoms with van der Waals surface area (Å²) in [6.45, 7) is 1.49. The number of fused-ring (bicyclic) bond motifs is 1. The Hall–Kier alpha value is -2.34. The van der Waals surface area contributed by atoms with Crippen molar-refractivity contribution in [2.75, 3.05) is 42.4 Å². The van der Waals surface area contributed by atoms with Crippen LogP contribution in [0.15, 0.2) is 54.7 Å². The number of nitrogens with two attached hydrogens (primary N) is 1. The molecule has 0 aliphatic heterocycles. The number of halogens is 2. The number of pyridine rings is 1. The van der Waals surface area contributed by atoms with E-state index in [1.54, 1.807) is 6.20 Å². The highest BCUT2D eigenvalue weighted by Crippen LogP contribution is 2.32. The molecule has 146 valence electrons. The Kier molecular flexibility index (Phi) is 7.09. The molecule has 0 unspecified atom stereocenters. The molecule has 1 amide bonds. The lowest BCUT2D eigenvalue weighted by Gasteiger charge is -2.19. The number of hydrogen-bond donors (Lipinski definition) is 2. The molecule has 5 nitrogen and oxygen atoms in total. The number of rotatable bonds is 8. The molecule has 0 aliphatic carbocycles. The topological polar surface area (TPSA) is 71.2 Å². The molecule has 0 spiro atoms. The Morgan fingerprint density at radius 1 is 1.04 bits per heavy atom. The average Bonchev–Trinajstić information content (AvgIpc) is 2.69. The largest absolute Gasteiger partial charge is 0.383 e. The molecule has 0 aliphatic rings. The van der Waals surface area contributed by atoms with Crippen molar-refractivity contribution in [1.82, 2.24) is 9.88 Å². The van der Waals surface area contributed by atoms with Crippen LogP contribution in [0, 0.1) is 0 Å². The number of aromatic nitrogens is 1. The number of carbonyl (C=O) groups excluding carboxylic acids is 1. The van der Waals surface area contributed by atoms with Crippen molar-refractivity contribution in [3.8, 4) is 11.1 Å². The fourth-order valence-electron chi connectivity index (χ4n) is 3.12. The van der Waals surface area contributed by atoms with Crippen molar-refractivity contribution in [2.45, 2.75) is 0 Å². The Bertz CT molecular complexity index is 941. The van der Waals surface area contributed by atoms with Crippen molar-refractivity contribution in [1.29, 1.82) is 0 Å². The summed E-state index contributed by atoms with van der Waals surface area (Å²) in [6, 6.07) is 15.6. The van der Waals surface area contributed by atoms with E-state index in [0.717, 1.165) is 27.6 Å². The molecule has 7 heteroatoms. The smallest absolute Gasteiger partial charge is 0.238 e. The Morgan fingerprint density at radius 2 is 1.71 bits per heavy atom. The molecular formula is C21H22Cl2N4O. The van der Waals surface area contributed by atoms with Gasteiger partial charge in [0.25, 0.3) is 0 Å². The number of anilines is 2. The zero-order valence-electron chi connectivity index (χ0n) is 15.4. The molecule has 3 aromatic rings. The minimum Gasteiger partial charge on any atom is -0.383 e. The number of carbonyl (C=O) groups is 1. The van der Waals surface area contributed by atoms with Crippen LogP contribution in [0.1, 0.15) is 0 Å². The minimum atomic E-state index is -0.102. The van der Waals surface area contributed by atoms with Gasteiger partial charge in [0.15, 0.2) is 0 Å². The molecule has 0 radical (unpaired) electrons. The van der Waals surface area contributed by atoms with Gasteiger partial charge in [0.2, 0.25) is 5.91 Å². The SMILES string of the molecule is Nc1ncc2ccccc2c1-c1ccc(NC(=O)CN(CCCl)CCCl)cc1. The monoisotopic (exact) mass is 416 g/mol. The Labute approximate surface area is 174 Å². The van der Waals surface area contributed by atoms with E-state index in [-0.39, 0.29) is 12.5 Å². The first-order valence-corrected chi connectivity index (χ1v) is 10.1.